The van der Waals surface area contributed by atoms with Crippen molar-refractivity contribution in [1.29, 1.82) is 0 Å². The Bertz CT molecular complexity index is 687. The summed E-state index contributed by atoms with van der Waals surface area (Å²) in [6.07, 6.45) is 10.1. The van der Waals surface area contributed by atoms with Crippen molar-refractivity contribution in [1.82, 2.24) is 14.3 Å². The molecule has 0 aromatic carbocycles. The van der Waals surface area contributed by atoms with Crippen LogP contribution in [0.25, 0.3) is 0 Å². The standard InChI is InChI=1S/C19H27F2N3O/c1-4-15-9-10-23(13(15)2)14(3)16-5-7-17(8-6-16)25-18-11-22-24(12-18)19(20)21/h9-12,14,16-17,19H,4-8H2,1-3H3. The predicted molar refractivity (Wildman–Crippen MR) is 93.1 cm³/mol. The largest absolute Gasteiger partial charge is 0.487 e. The van der Waals surface area contributed by atoms with Crippen molar-refractivity contribution in [2.45, 2.75) is 71.6 Å². The summed E-state index contributed by atoms with van der Waals surface area (Å²) in [5.74, 6) is 1.06. The Balaban J connectivity index is 1.54. The number of hydrogen-bond acceptors (Lipinski definition) is 2. The maximum absolute atomic E-state index is 12.6. The van der Waals surface area contributed by atoms with Gasteiger partial charge in [-0.25, -0.2) is 4.68 Å². The van der Waals surface area contributed by atoms with Crippen LogP contribution in [0, 0.1) is 12.8 Å². The molecule has 2 aromatic rings. The van der Waals surface area contributed by atoms with Crippen molar-refractivity contribution in [3.05, 3.63) is 35.9 Å². The van der Waals surface area contributed by atoms with E-state index < -0.39 is 6.55 Å². The van der Waals surface area contributed by atoms with Crippen molar-refractivity contribution in [3.63, 3.8) is 0 Å². The molecule has 1 aliphatic rings. The van der Waals surface area contributed by atoms with Gasteiger partial charge in [0, 0.05) is 17.9 Å². The lowest BCUT2D eigenvalue weighted by atomic mass is 9.83. The number of alkyl halides is 2. The molecule has 0 saturated heterocycles. The van der Waals surface area contributed by atoms with Crippen molar-refractivity contribution in [3.8, 4) is 5.75 Å². The van der Waals surface area contributed by atoms with E-state index in [1.54, 1.807) is 0 Å². The molecule has 4 nitrogen and oxygen atoms in total. The predicted octanol–water partition coefficient (Wildman–Crippen LogP) is 5.15. The summed E-state index contributed by atoms with van der Waals surface area (Å²) in [6.45, 7) is 4.07. The summed E-state index contributed by atoms with van der Waals surface area (Å²) >= 11 is 0. The molecule has 1 unspecified atom stereocenters. The van der Waals surface area contributed by atoms with E-state index in [2.05, 4.69) is 42.7 Å². The van der Waals surface area contributed by atoms with Gasteiger partial charge in [0.2, 0.25) is 0 Å². The zero-order chi connectivity index (χ0) is 18.0. The van der Waals surface area contributed by atoms with E-state index in [-0.39, 0.29) is 6.10 Å². The average Bonchev–Trinajstić information content (AvgIpc) is 3.21. The van der Waals surface area contributed by atoms with Gasteiger partial charge in [-0.05, 0) is 63.5 Å². The molecule has 0 amide bonds. The first kappa shape index (κ1) is 18.0. The smallest absolute Gasteiger partial charge is 0.333 e. The fourth-order valence-electron chi connectivity index (χ4n) is 3.98. The van der Waals surface area contributed by atoms with Gasteiger partial charge in [-0.1, -0.05) is 6.92 Å². The second-order valence-electron chi connectivity index (χ2n) is 7.02. The maximum Gasteiger partial charge on any atom is 0.333 e. The van der Waals surface area contributed by atoms with Gasteiger partial charge in [-0.15, -0.1) is 0 Å². The third-order valence-electron chi connectivity index (χ3n) is 5.59. The Morgan fingerprint density at radius 2 is 2.00 bits per heavy atom. The van der Waals surface area contributed by atoms with Gasteiger partial charge in [0.15, 0.2) is 5.75 Å². The van der Waals surface area contributed by atoms with Crippen molar-refractivity contribution in [2.24, 2.45) is 5.92 Å². The molecule has 6 heteroatoms. The highest BCUT2D eigenvalue weighted by molar-refractivity contribution is 5.21. The highest BCUT2D eigenvalue weighted by atomic mass is 19.3. The van der Waals surface area contributed by atoms with E-state index in [0.29, 0.717) is 22.4 Å². The maximum atomic E-state index is 12.6. The van der Waals surface area contributed by atoms with E-state index in [0.717, 1.165) is 32.1 Å². The molecule has 0 radical (unpaired) electrons. The van der Waals surface area contributed by atoms with E-state index >= 15 is 0 Å². The van der Waals surface area contributed by atoms with Gasteiger partial charge in [-0.2, -0.15) is 13.9 Å². The molecular weight excluding hydrogens is 324 g/mol. The van der Waals surface area contributed by atoms with Crippen LogP contribution in [0.15, 0.2) is 24.7 Å². The quantitative estimate of drug-likeness (QED) is 0.721. The lowest BCUT2D eigenvalue weighted by molar-refractivity contribution is 0.0557. The number of ether oxygens (including phenoxy) is 1. The third-order valence-corrected chi connectivity index (χ3v) is 5.59. The third kappa shape index (κ3) is 3.88. The number of aromatic nitrogens is 3. The van der Waals surface area contributed by atoms with Crippen LogP contribution in [0.4, 0.5) is 8.78 Å². The Kier molecular flexibility index (Phi) is 5.45. The van der Waals surface area contributed by atoms with Crippen LogP contribution in [0.2, 0.25) is 0 Å². The number of halogens is 2. The monoisotopic (exact) mass is 351 g/mol. The minimum Gasteiger partial charge on any atom is -0.487 e. The summed E-state index contributed by atoms with van der Waals surface area (Å²) in [4.78, 5) is 0. The summed E-state index contributed by atoms with van der Waals surface area (Å²) < 4.78 is 34.0. The van der Waals surface area contributed by atoms with Crippen LogP contribution in [0.5, 0.6) is 5.75 Å². The van der Waals surface area contributed by atoms with Gasteiger partial charge < -0.3 is 9.30 Å². The van der Waals surface area contributed by atoms with Crippen molar-refractivity contribution >= 4 is 0 Å². The Labute approximate surface area is 147 Å². The molecule has 0 spiro atoms. The fraction of sp³-hybridized carbons (Fsp3) is 0.632. The second kappa shape index (κ2) is 7.58. The van der Waals surface area contributed by atoms with Gasteiger partial charge in [0.05, 0.1) is 18.5 Å². The van der Waals surface area contributed by atoms with Crippen LogP contribution in [-0.4, -0.2) is 20.5 Å². The summed E-state index contributed by atoms with van der Waals surface area (Å²) in [5, 5.41) is 3.62. The molecule has 1 atom stereocenters. The van der Waals surface area contributed by atoms with Crippen LogP contribution in [-0.2, 0) is 6.42 Å². The Hall–Kier alpha value is -1.85. The summed E-state index contributed by atoms with van der Waals surface area (Å²) in [7, 11) is 0. The first-order chi connectivity index (χ1) is 12.0. The molecule has 3 rings (SSSR count). The van der Waals surface area contributed by atoms with Crippen LogP contribution in [0.1, 0.15) is 63.4 Å². The number of hydrogen-bond donors (Lipinski definition) is 0. The normalized spacial score (nSPS) is 22.3. The number of aryl methyl sites for hydroxylation is 1. The lowest BCUT2D eigenvalue weighted by Crippen LogP contribution is -2.28. The molecule has 1 saturated carbocycles. The molecule has 2 heterocycles. The van der Waals surface area contributed by atoms with Crippen LogP contribution in [0.3, 0.4) is 0 Å². The number of nitrogens with zero attached hydrogens (tertiary/aromatic N) is 3. The van der Waals surface area contributed by atoms with Gasteiger partial charge >= 0.3 is 6.55 Å². The minimum absolute atomic E-state index is 0.0933. The molecule has 1 fully saturated rings. The van der Waals surface area contributed by atoms with Gasteiger partial charge in [0.1, 0.15) is 0 Å². The highest BCUT2D eigenvalue weighted by Crippen LogP contribution is 2.35. The summed E-state index contributed by atoms with van der Waals surface area (Å²) in [5.41, 5.74) is 2.78. The number of rotatable bonds is 6. The molecule has 2 aromatic heterocycles. The zero-order valence-corrected chi connectivity index (χ0v) is 15.2. The highest BCUT2D eigenvalue weighted by Gasteiger charge is 2.28. The van der Waals surface area contributed by atoms with E-state index in [9.17, 15) is 8.78 Å². The minimum atomic E-state index is -2.62. The summed E-state index contributed by atoms with van der Waals surface area (Å²) in [6, 6.07) is 2.70. The van der Waals surface area contributed by atoms with Crippen molar-refractivity contribution < 1.29 is 13.5 Å². The molecule has 25 heavy (non-hydrogen) atoms. The molecule has 0 N–H and O–H groups in total. The lowest BCUT2D eigenvalue weighted by Gasteiger charge is -2.33. The van der Waals surface area contributed by atoms with E-state index in [1.165, 1.54) is 23.7 Å². The first-order valence-corrected chi connectivity index (χ1v) is 9.14. The Morgan fingerprint density at radius 1 is 1.28 bits per heavy atom. The first-order valence-electron chi connectivity index (χ1n) is 9.14. The molecule has 0 aliphatic heterocycles. The van der Waals surface area contributed by atoms with Crippen LogP contribution < -0.4 is 4.74 Å². The average molecular weight is 351 g/mol. The topological polar surface area (TPSA) is 32.0 Å². The molecular formula is C19H27F2N3O. The van der Waals surface area contributed by atoms with E-state index in [1.807, 2.05) is 0 Å². The van der Waals surface area contributed by atoms with Gasteiger partial charge in [0.25, 0.3) is 0 Å². The Morgan fingerprint density at radius 3 is 2.56 bits per heavy atom. The van der Waals surface area contributed by atoms with E-state index in [4.69, 9.17) is 4.74 Å². The fourth-order valence-corrected chi connectivity index (χ4v) is 3.98. The van der Waals surface area contributed by atoms with Gasteiger partial charge in [-0.3, -0.25) is 0 Å². The zero-order valence-electron chi connectivity index (χ0n) is 15.2. The van der Waals surface area contributed by atoms with Crippen LogP contribution >= 0.6 is 0 Å². The SMILES string of the molecule is CCc1ccn(C(C)C2CCC(Oc3cnn(C(F)F)c3)CC2)c1C. The van der Waals surface area contributed by atoms with Crippen molar-refractivity contribution in [2.75, 3.05) is 0 Å². The second-order valence-corrected chi connectivity index (χ2v) is 7.02. The molecule has 1 aliphatic carbocycles. The molecule has 0 bridgehead atoms. The molecule has 138 valence electrons.